The number of nitrogens with one attached hydrogen (secondary N) is 1. The van der Waals surface area contributed by atoms with Crippen LogP contribution in [0, 0.1) is 10.1 Å². The highest BCUT2D eigenvalue weighted by atomic mass is 16.6. The van der Waals surface area contributed by atoms with Gasteiger partial charge in [0.2, 0.25) is 0 Å². The molecule has 1 N–H and O–H groups in total. The molecule has 0 radical (unpaired) electrons. The van der Waals surface area contributed by atoms with E-state index in [1.807, 2.05) is 20.8 Å². The van der Waals surface area contributed by atoms with Gasteiger partial charge in [0.05, 0.1) is 4.92 Å². The Balaban J connectivity index is 2.12. The van der Waals surface area contributed by atoms with Crippen LogP contribution in [-0.2, 0) is 4.74 Å². The number of nitro groups is 1. The SMILES string of the molecule is CC(C)(C)OC(=O)N1CCC[C@H]1Nc1ccccc1[N+](=O)[O-]. The van der Waals surface area contributed by atoms with Gasteiger partial charge in [-0.05, 0) is 39.7 Å². The van der Waals surface area contributed by atoms with Gasteiger partial charge in [-0.25, -0.2) is 4.79 Å². The number of amides is 1. The Morgan fingerprint density at radius 2 is 2.09 bits per heavy atom. The van der Waals surface area contributed by atoms with E-state index in [1.54, 1.807) is 23.1 Å². The predicted molar refractivity (Wildman–Crippen MR) is 82.7 cm³/mol. The number of nitro benzene ring substituents is 1. The quantitative estimate of drug-likeness (QED) is 0.683. The Morgan fingerprint density at radius 1 is 1.41 bits per heavy atom. The predicted octanol–water partition coefficient (Wildman–Crippen LogP) is 3.36. The number of carbonyl (C=O) groups excluding carboxylic acids is 1. The van der Waals surface area contributed by atoms with Crippen molar-refractivity contribution in [1.29, 1.82) is 0 Å². The lowest BCUT2D eigenvalue weighted by Crippen LogP contribution is -2.43. The molecule has 1 fully saturated rings. The van der Waals surface area contributed by atoms with Crippen LogP contribution in [0.2, 0.25) is 0 Å². The van der Waals surface area contributed by atoms with Gasteiger partial charge in [-0.1, -0.05) is 12.1 Å². The van der Waals surface area contributed by atoms with Crippen LogP contribution in [0.5, 0.6) is 0 Å². The zero-order valence-electron chi connectivity index (χ0n) is 13.0. The number of carbonyl (C=O) groups is 1. The van der Waals surface area contributed by atoms with Crippen LogP contribution in [0.4, 0.5) is 16.2 Å². The molecule has 0 spiro atoms. The van der Waals surface area contributed by atoms with E-state index in [2.05, 4.69) is 5.32 Å². The number of nitrogens with zero attached hydrogens (tertiary/aromatic N) is 2. The standard InChI is InChI=1S/C15H21N3O4/c1-15(2,3)22-14(19)17-10-6-9-13(17)16-11-7-4-5-8-12(11)18(20)21/h4-5,7-8,13,16H,6,9-10H2,1-3H3/t13-/m0/s1. The molecule has 1 aliphatic rings. The molecule has 0 unspecified atom stereocenters. The first-order valence-corrected chi connectivity index (χ1v) is 7.27. The van der Waals surface area contributed by atoms with Crippen LogP contribution >= 0.6 is 0 Å². The van der Waals surface area contributed by atoms with Gasteiger partial charge >= 0.3 is 6.09 Å². The summed E-state index contributed by atoms with van der Waals surface area (Å²) in [7, 11) is 0. The van der Waals surface area contributed by atoms with Crippen molar-refractivity contribution in [3.05, 3.63) is 34.4 Å². The van der Waals surface area contributed by atoms with Crippen molar-refractivity contribution < 1.29 is 14.5 Å². The summed E-state index contributed by atoms with van der Waals surface area (Å²) in [4.78, 5) is 24.4. The highest BCUT2D eigenvalue weighted by molar-refractivity contribution is 5.70. The average molecular weight is 307 g/mol. The molecule has 0 aliphatic carbocycles. The third-order valence-electron chi connectivity index (χ3n) is 3.30. The minimum Gasteiger partial charge on any atom is -0.444 e. The number of para-hydroxylation sites is 2. The first kappa shape index (κ1) is 16.1. The summed E-state index contributed by atoms with van der Waals surface area (Å²) in [5.74, 6) is 0. The van der Waals surface area contributed by atoms with Gasteiger partial charge in [-0.15, -0.1) is 0 Å². The zero-order valence-corrected chi connectivity index (χ0v) is 13.0. The molecule has 120 valence electrons. The van der Waals surface area contributed by atoms with Crippen molar-refractivity contribution in [2.24, 2.45) is 0 Å². The summed E-state index contributed by atoms with van der Waals surface area (Å²) in [6.07, 6.45) is 0.861. The fourth-order valence-electron chi connectivity index (χ4n) is 2.39. The third kappa shape index (κ3) is 3.87. The number of ether oxygens (including phenoxy) is 1. The van der Waals surface area contributed by atoms with Crippen LogP contribution in [0.3, 0.4) is 0 Å². The second kappa shape index (κ2) is 6.21. The van der Waals surface area contributed by atoms with Crippen molar-refractivity contribution in [3.8, 4) is 0 Å². The van der Waals surface area contributed by atoms with Gasteiger partial charge in [0.15, 0.2) is 0 Å². The van der Waals surface area contributed by atoms with Gasteiger partial charge < -0.3 is 10.1 Å². The molecule has 1 aromatic rings. The van der Waals surface area contributed by atoms with Crippen LogP contribution in [0.15, 0.2) is 24.3 Å². The topological polar surface area (TPSA) is 84.7 Å². The molecule has 7 heteroatoms. The van der Waals surface area contributed by atoms with Crippen molar-refractivity contribution >= 4 is 17.5 Å². The molecule has 1 amide bonds. The minimum absolute atomic E-state index is 0.00135. The maximum absolute atomic E-state index is 12.2. The Morgan fingerprint density at radius 3 is 2.73 bits per heavy atom. The lowest BCUT2D eigenvalue weighted by Gasteiger charge is -2.29. The van der Waals surface area contributed by atoms with Crippen LogP contribution in [0.25, 0.3) is 0 Å². The van der Waals surface area contributed by atoms with E-state index in [1.165, 1.54) is 6.07 Å². The molecule has 1 saturated heterocycles. The maximum atomic E-state index is 12.2. The van der Waals surface area contributed by atoms with Crippen LogP contribution in [0.1, 0.15) is 33.6 Å². The van der Waals surface area contributed by atoms with Crippen LogP contribution < -0.4 is 5.32 Å². The van der Waals surface area contributed by atoms with E-state index in [-0.39, 0.29) is 11.9 Å². The number of anilines is 1. The first-order chi connectivity index (χ1) is 10.3. The van der Waals surface area contributed by atoms with E-state index < -0.39 is 16.6 Å². The molecular weight excluding hydrogens is 286 g/mol. The number of hydrogen-bond acceptors (Lipinski definition) is 5. The number of rotatable bonds is 3. The average Bonchev–Trinajstić information content (AvgIpc) is 2.85. The molecule has 1 atom stereocenters. The Bertz CT molecular complexity index is 568. The van der Waals surface area contributed by atoms with Gasteiger partial charge in [0, 0.05) is 12.6 Å². The largest absolute Gasteiger partial charge is 0.444 e. The number of benzene rings is 1. The molecule has 1 aliphatic heterocycles. The van der Waals surface area contributed by atoms with E-state index in [0.717, 1.165) is 12.8 Å². The lowest BCUT2D eigenvalue weighted by molar-refractivity contribution is -0.384. The van der Waals surface area contributed by atoms with Crippen molar-refractivity contribution in [1.82, 2.24) is 4.90 Å². The van der Waals surface area contributed by atoms with Crippen molar-refractivity contribution in [2.45, 2.75) is 45.4 Å². The van der Waals surface area contributed by atoms with Crippen LogP contribution in [-0.4, -0.2) is 34.2 Å². The van der Waals surface area contributed by atoms with E-state index in [0.29, 0.717) is 12.2 Å². The molecule has 0 saturated carbocycles. The van der Waals surface area contributed by atoms with Crippen molar-refractivity contribution in [3.63, 3.8) is 0 Å². The fourth-order valence-corrected chi connectivity index (χ4v) is 2.39. The minimum atomic E-state index is -0.567. The molecule has 2 rings (SSSR count). The van der Waals surface area contributed by atoms with Gasteiger partial charge in [-0.3, -0.25) is 15.0 Å². The summed E-state index contributed by atoms with van der Waals surface area (Å²) in [5.41, 5.74) is -0.158. The molecule has 1 heterocycles. The fraction of sp³-hybridized carbons (Fsp3) is 0.533. The van der Waals surface area contributed by atoms with E-state index in [9.17, 15) is 14.9 Å². The number of likely N-dealkylation sites (tertiary alicyclic amines) is 1. The monoisotopic (exact) mass is 307 g/mol. The molecule has 22 heavy (non-hydrogen) atoms. The summed E-state index contributed by atoms with van der Waals surface area (Å²) in [5, 5.41) is 14.1. The summed E-state index contributed by atoms with van der Waals surface area (Å²) in [6, 6.07) is 6.42. The van der Waals surface area contributed by atoms with Gasteiger partial charge in [0.1, 0.15) is 17.5 Å². The van der Waals surface area contributed by atoms with Gasteiger partial charge in [-0.2, -0.15) is 0 Å². The third-order valence-corrected chi connectivity index (χ3v) is 3.30. The van der Waals surface area contributed by atoms with Gasteiger partial charge in [0.25, 0.3) is 5.69 Å². The van der Waals surface area contributed by atoms with E-state index in [4.69, 9.17) is 4.74 Å². The second-order valence-electron chi connectivity index (χ2n) is 6.25. The molecule has 0 bridgehead atoms. The normalized spacial score (nSPS) is 18.1. The second-order valence-corrected chi connectivity index (χ2v) is 6.25. The Hall–Kier alpha value is -2.31. The molecular formula is C15H21N3O4. The Kier molecular flexibility index (Phi) is 4.54. The maximum Gasteiger partial charge on any atom is 0.411 e. The first-order valence-electron chi connectivity index (χ1n) is 7.27. The lowest BCUT2D eigenvalue weighted by atomic mass is 10.2. The molecule has 7 nitrogen and oxygen atoms in total. The highest BCUT2D eigenvalue weighted by Gasteiger charge is 2.33. The van der Waals surface area contributed by atoms with E-state index >= 15 is 0 Å². The summed E-state index contributed by atoms with van der Waals surface area (Å²) < 4.78 is 5.38. The molecule has 1 aromatic carbocycles. The van der Waals surface area contributed by atoms with Crippen molar-refractivity contribution in [2.75, 3.05) is 11.9 Å². The smallest absolute Gasteiger partial charge is 0.411 e. The zero-order chi connectivity index (χ0) is 16.3. The highest BCUT2D eigenvalue weighted by Crippen LogP contribution is 2.28. The summed E-state index contributed by atoms with van der Waals surface area (Å²) in [6.45, 7) is 6.01. The number of hydrogen-bond donors (Lipinski definition) is 1. The summed E-state index contributed by atoms with van der Waals surface area (Å²) >= 11 is 0. The Labute approximate surface area is 129 Å². The molecule has 0 aromatic heterocycles.